The van der Waals surface area contributed by atoms with Crippen LogP contribution in [0.5, 0.6) is 0 Å². The highest BCUT2D eigenvalue weighted by atomic mass is 19.4. The molecule has 5 aromatic rings. The smallest absolute Gasteiger partial charge is 0.384 e. The molecule has 0 fully saturated rings. The number of nitrogens with one attached hydrogen (secondary N) is 1. The Bertz CT molecular complexity index is 1560. The van der Waals surface area contributed by atoms with Gasteiger partial charge in [0.25, 0.3) is 5.91 Å². The van der Waals surface area contributed by atoms with E-state index in [2.05, 4.69) is 15.3 Å². The largest absolute Gasteiger partial charge is 0.416 e. The molecular weight excluding hydrogens is 443 g/mol. The third kappa shape index (κ3) is 3.71. The number of carbonyl (C=O) groups is 1. The molecule has 0 saturated heterocycles. The Morgan fingerprint density at radius 3 is 2.29 bits per heavy atom. The van der Waals surface area contributed by atoms with E-state index in [4.69, 9.17) is 5.73 Å². The summed E-state index contributed by atoms with van der Waals surface area (Å²) in [6.07, 6.45) is -4.54. The number of rotatable bonds is 3. The maximum Gasteiger partial charge on any atom is 0.416 e. The van der Waals surface area contributed by atoms with Crippen molar-refractivity contribution in [2.75, 3.05) is 11.1 Å². The molecule has 2 aromatic heterocycles. The number of para-hydroxylation sites is 2. The maximum absolute atomic E-state index is 13.4. The number of nitrogens with zero attached hydrogens (tertiary/aromatic N) is 3. The lowest BCUT2D eigenvalue weighted by molar-refractivity contribution is -0.137. The maximum atomic E-state index is 13.4. The quantitative estimate of drug-likeness (QED) is 0.359. The van der Waals surface area contributed by atoms with Crippen LogP contribution in [0.2, 0.25) is 0 Å². The number of amides is 1. The number of carbonyl (C=O) groups excluding carboxylic acids is 1. The normalized spacial score (nSPS) is 11.8. The summed E-state index contributed by atoms with van der Waals surface area (Å²) < 4.78 is 41.5. The van der Waals surface area contributed by atoms with Crippen LogP contribution in [0.15, 0.2) is 72.8 Å². The zero-order chi connectivity index (χ0) is 24.0. The predicted molar refractivity (Wildman–Crippen MR) is 125 cm³/mol. The van der Waals surface area contributed by atoms with Crippen molar-refractivity contribution in [2.45, 2.75) is 13.1 Å². The Kier molecular flexibility index (Phi) is 4.97. The third-order valence-electron chi connectivity index (χ3n) is 5.47. The van der Waals surface area contributed by atoms with Crippen LogP contribution in [0.25, 0.3) is 27.9 Å². The Balaban J connectivity index is 1.74. The number of hydrogen-bond donors (Lipinski definition) is 2. The minimum absolute atomic E-state index is 0.0336. The lowest BCUT2D eigenvalue weighted by Crippen LogP contribution is -2.14. The van der Waals surface area contributed by atoms with Gasteiger partial charge in [-0.15, -0.1) is 0 Å². The minimum Gasteiger partial charge on any atom is -0.384 e. The second-order valence-electron chi connectivity index (χ2n) is 7.85. The first-order valence-corrected chi connectivity index (χ1v) is 10.3. The number of halogens is 3. The summed E-state index contributed by atoms with van der Waals surface area (Å²) in [5.41, 5.74) is 8.70. The number of hydrogen-bond acceptors (Lipinski definition) is 4. The van der Waals surface area contributed by atoms with Crippen LogP contribution in [0.1, 0.15) is 21.5 Å². The Hall–Kier alpha value is -4.40. The van der Waals surface area contributed by atoms with Crippen LogP contribution in [0.4, 0.5) is 24.7 Å². The lowest BCUT2D eigenvalue weighted by atomic mass is 10.2. The summed E-state index contributed by atoms with van der Waals surface area (Å²) in [7, 11) is 0. The highest BCUT2D eigenvalue weighted by Gasteiger charge is 2.31. The van der Waals surface area contributed by atoms with Crippen LogP contribution in [-0.2, 0) is 6.18 Å². The highest BCUT2D eigenvalue weighted by molar-refractivity contribution is 6.16. The molecule has 170 valence electrons. The Labute approximate surface area is 191 Å². The van der Waals surface area contributed by atoms with E-state index in [0.29, 0.717) is 16.7 Å². The molecule has 0 aliphatic carbocycles. The Morgan fingerprint density at radius 1 is 0.941 bits per heavy atom. The molecule has 1 amide bonds. The average molecular weight is 461 g/mol. The van der Waals surface area contributed by atoms with Gasteiger partial charge in [0.15, 0.2) is 5.65 Å². The van der Waals surface area contributed by atoms with Crippen molar-refractivity contribution in [3.63, 3.8) is 0 Å². The van der Waals surface area contributed by atoms with Crippen molar-refractivity contribution in [1.29, 1.82) is 0 Å². The molecule has 5 rings (SSSR count). The average Bonchev–Trinajstić information content (AvgIpc) is 3.09. The van der Waals surface area contributed by atoms with Crippen molar-refractivity contribution in [1.82, 2.24) is 14.5 Å². The zero-order valence-corrected chi connectivity index (χ0v) is 17.9. The molecule has 0 aliphatic heterocycles. The van der Waals surface area contributed by atoms with Crippen molar-refractivity contribution >= 4 is 39.6 Å². The number of benzene rings is 3. The summed E-state index contributed by atoms with van der Waals surface area (Å²) in [6.45, 7) is 1.92. The second-order valence-corrected chi connectivity index (χ2v) is 7.85. The minimum atomic E-state index is -4.54. The fraction of sp³-hybridized carbons (Fsp3) is 0.0800. The monoisotopic (exact) mass is 461 g/mol. The molecule has 34 heavy (non-hydrogen) atoms. The van der Waals surface area contributed by atoms with E-state index >= 15 is 0 Å². The molecule has 6 nitrogen and oxygen atoms in total. The van der Waals surface area contributed by atoms with Gasteiger partial charge in [0, 0.05) is 11.4 Å². The summed E-state index contributed by atoms with van der Waals surface area (Å²) in [5.74, 6) is -0.601. The molecule has 0 aliphatic rings. The first kappa shape index (κ1) is 21.4. The molecule has 0 unspecified atom stereocenters. The zero-order valence-electron chi connectivity index (χ0n) is 17.9. The van der Waals surface area contributed by atoms with Gasteiger partial charge in [-0.1, -0.05) is 35.9 Å². The highest BCUT2D eigenvalue weighted by Crippen LogP contribution is 2.35. The van der Waals surface area contributed by atoms with E-state index in [1.165, 1.54) is 16.7 Å². The van der Waals surface area contributed by atoms with Gasteiger partial charge >= 0.3 is 6.18 Å². The second kappa shape index (κ2) is 7.87. The molecule has 3 aromatic carbocycles. The van der Waals surface area contributed by atoms with Gasteiger partial charge in [-0.05, 0) is 49.4 Å². The van der Waals surface area contributed by atoms with E-state index in [-0.39, 0.29) is 28.2 Å². The number of aryl methyl sites for hydroxylation is 1. The van der Waals surface area contributed by atoms with E-state index in [9.17, 15) is 18.0 Å². The molecular formula is C25H18F3N5O. The third-order valence-corrected chi connectivity index (χ3v) is 5.47. The number of nitrogen functional groups attached to an aromatic ring is 1. The van der Waals surface area contributed by atoms with Gasteiger partial charge in [0.05, 0.1) is 16.6 Å². The predicted octanol–water partition coefficient (Wildman–Crippen LogP) is 5.74. The SMILES string of the molecule is Cc1ccc(NC(=O)c2c(N)n(-c3cccc(C(F)(F)F)c3)c3nc4ccccc4nc23)cc1. The summed E-state index contributed by atoms with van der Waals surface area (Å²) in [6, 6.07) is 18.9. The summed E-state index contributed by atoms with van der Waals surface area (Å²) in [4.78, 5) is 22.5. The fourth-order valence-corrected chi connectivity index (χ4v) is 3.80. The van der Waals surface area contributed by atoms with Crippen molar-refractivity contribution < 1.29 is 18.0 Å². The topological polar surface area (TPSA) is 85.8 Å². The van der Waals surface area contributed by atoms with Crippen molar-refractivity contribution in [3.8, 4) is 5.69 Å². The van der Waals surface area contributed by atoms with Crippen LogP contribution in [0, 0.1) is 6.92 Å². The van der Waals surface area contributed by atoms with Crippen molar-refractivity contribution in [3.05, 3.63) is 89.5 Å². The first-order valence-electron chi connectivity index (χ1n) is 10.3. The van der Waals surface area contributed by atoms with Crippen LogP contribution >= 0.6 is 0 Å². The van der Waals surface area contributed by atoms with Crippen LogP contribution in [0.3, 0.4) is 0 Å². The molecule has 0 atom stereocenters. The van der Waals surface area contributed by atoms with Gasteiger partial charge in [0.2, 0.25) is 0 Å². The number of nitrogens with two attached hydrogens (primary N) is 1. The number of anilines is 2. The van der Waals surface area contributed by atoms with Crippen LogP contribution in [-0.4, -0.2) is 20.4 Å². The first-order chi connectivity index (χ1) is 16.2. The fourth-order valence-electron chi connectivity index (χ4n) is 3.80. The van der Waals surface area contributed by atoms with E-state index < -0.39 is 17.6 Å². The van der Waals surface area contributed by atoms with Gasteiger partial charge in [-0.2, -0.15) is 13.2 Å². The molecule has 0 spiro atoms. The summed E-state index contributed by atoms with van der Waals surface area (Å²) in [5, 5.41) is 2.79. The van der Waals surface area contributed by atoms with Crippen molar-refractivity contribution in [2.24, 2.45) is 0 Å². The number of fused-ring (bicyclic) bond motifs is 2. The molecule has 0 radical (unpaired) electrons. The standard InChI is InChI=1S/C25H18F3N5O/c1-14-9-11-16(12-10-14)30-24(34)20-21-23(32-19-8-3-2-7-18(19)31-21)33(22(20)29)17-6-4-5-15(13-17)25(26,27)28/h2-13H,29H2,1H3,(H,30,34). The molecule has 0 saturated carbocycles. The van der Waals surface area contributed by atoms with E-state index in [1.807, 2.05) is 19.1 Å². The number of aromatic nitrogens is 3. The Morgan fingerprint density at radius 2 is 1.62 bits per heavy atom. The van der Waals surface area contributed by atoms with Gasteiger partial charge in [0.1, 0.15) is 16.9 Å². The van der Waals surface area contributed by atoms with E-state index in [0.717, 1.165) is 17.7 Å². The van der Waals surface area contributed by atoms with Gasteiger partial charge < -0.3 is 11.1 Å². The van der Waals surface area contributed by atoms with Gasteiger partial charge in [-0.3, -0.25) is 9.36 Å². The lowest BCUT2D eigenvalue weighted by Gasteiger charge is -2.12. The van der Waals surface area contributed by atoms with Gasteiger partial charge in [-0.25, -0.2) is 9.97 Å². The molecule has 0 bridgehead atoms. The molecule has 2 heterocycles. The molecule has 3 N–H and O–H groups in total. The number of alkyl halides is 3. The summed E-state index contributed by atoms with van der Waals surface area (Å²) >= 11 is 0. The van der Waals surface area contributed by atoms with E-state index in [1.54, 1.807) is 36.4 Å². The molecule has 9 heteroatoms. The van der Waals surface area contributed by atoms with Crippen LogP contribution < -0.4 is 11.1 Å².